The van der Waals surface area contributed by atoms with Crippen LogP contribution in [0.3, 0.4) is 0 Å². The second-order valence-electron chi connectivity index (χ2n) is 6.47. The number of fused-ring (bicyclic) bond motifs is 1. The van der Waals surface area contributed by atoms with E-state index in [1.807, 2.05) is 19.2 Å². The van der Waals surface area contributed by atoms with Gasteiger partial charge in [0.1, 0.15) is 24.0 Å². The molecule has 148 valence electrons. The van der Waals surface area contributed by atoms with Gasteiger partial charge in [-0.15, -0.1) is 6.42 Å². The standard InChI is InChI=1S/C23H18FN5O/c1-3-16-9-17-13-27-23(28-19-6-4-5-18(24)10-19)29-20(17)11-21(16)30-14-15-7-8-22(25-2)26-12-15/h1,4-13H,14H2,2H3,(H,25,26)(H,27,28,29). The zero-order chi connectivity index (χ0) is 20.9. The second kappa shape index (κ2) is 8.45. The topological polar surface area (TPSA) is 72.0 Å². The zero-order valence-electron chi connectivity index (χ0n) is 16.2. The van der Waals surface area contributed by atoms with E-state index in [9.17, 15) is 4.39 Å². The summed E-state index contributed by atoms with van der Waals surface area (Å²) in [5.41, 5.74) is 2.73. The molecule has 0 saturated heterocycles. The van der Waals surface area contributed by atoms with Gasteiger partial charge in [0.2, 0.25) is 5.95 Å². The minimum Gasteiger partial charge on any atom is -0.487 e. The predicted octanol–water partition coefficient (Wildman–Crippen LogP) is 4.51. The monoisotopic (exact) mass is 399 g/mol. The number of anilines is 3. The van der Waals surface area contributed by atoms with E-state index in [-0.39, 0.29) is 5.82 Å². The highest BCUT2D eigenvalue weighted by atomic mass is 19.1. The van der Waals surface area contributed by atoms with Crippen molar-refractivity contribution in [3.8, 4) is 18.1 Å². The lowest BCUT2D eigenvalue weighted by atomic mass is 10.1. The summed E-state index contributed by atoms with van der Waals surface area (Å²) in [6, 6.07) is 13.5. The Kier molecular flexibility index (Phi) is 5.39. The highest BCUT2D eigenvalue weighted by molar-refractivity contribution is 5.83. The quantitative estimate of drug-likeness (QED) is 0.465. The van der Waals surface area contributed by atoms with Crippen molar-refractivity contribution >= 4 is 28.4 Å². The van der Waals surface area contributed by atoms with Crippen molar-refractivity contribution < 1.29 is 9.13 Å². The van der Waals surface area contributed by atoms with E-state index in [4.69, 9.17) is 11.2 Å². The zero-order valence-corrected chi connectivity index (χ0v) is 16.2. The fraction of sp³-hybridized carbons (Fsp3) is 0.0870. The molecule has 0 radical (unpaired) electrons. The van der Waals surface area contributed by atoms with Crippen LogP contribution in [0.2, 0.25) is 0 Å². The van der Waals surface area contributed by atoms with Crippen molar-refractivity contribution in [3.63, 3.8) is 0 Å². The van der Waals surface area contributed by atoms with Gasteiger partial charge in [-0.3, -0.25) is 0 Å². The number of nitrogens with zero attached hydrogens (tertiary/aromatic N) is 3. The van der Waals surface area contributed by atoms with Crippen LogP contribution in [0.1, 0.15) is 11.1 Å². The van der Waals surface area contributed by atoms with E-state index in [1.165, 1.54) is 12.1 Å². The van der Waals surface area contributed by atoms with Crippen LogP contribution < -0.4 is 15.4 Å². The molecule has 0 spiro atoms. The Morgan fingerprint density at radius 1 is 1.10 bits per heavy atom. The van der Waals surface area contributed by atoms with Gasteiger partial charge in [-0.25, -0.2) is 19.3 Å². The lowest BCUT2D eigenvalue weighted by Crippen LogP contribution is -2.01. The normalized spacial score (nSPS) is 10.4. The molecule has 0 amide bonds. The number of benzene rings is 2. The van der Waals surface area contributed by atoms with Crippen molar-refractivity contribution in [2.24, 2.45) is 0 Å². The Morgan fingerprint density at radius 3 is 2.73 bits per heavy atom. The number of terminal acetylenes is 1. The van der Waals surface area contributed by atoms with Gasteiger partial charge >= 0.3 is 0 Å². The molecule has 2 aromatic heterocycles. The summed E-state index contributed by atoms with van der Waals surface area (Å²) in [5, 5.41) is 6.75. The van der Waals surface area contributed by atoms with Crippen LogP contribution >= 0.6 is 0 Å². The maximum atomic E-state index is 13.4. The molecule has 30 heavy (non-hydrogen) atoms. The summed E-state index contributed by atoms with van der Waals surface area (Å²) in [4.78, 5) is 13.1. The number of rotatable bonds is 6. The van der Waals surface area contributed by atoms with E-state index in [1.54, 1.807) is 36.7 Å². The first-order valence-electron chi connectivity index (χ1n) is 9.20. The van der Waals surface area contributed by atoms with E-state index in [0.29, 0.717) is 35.1 Å². The molecule has 7 heteroatoms. The number of hydrogen-bond donors (Lipinski definition) is 2. The number of ether oxygens (including phenoxy) is 1. The molecule has 0 aliphatic rings. The van der Waals surface area contributed by atoms with E-state index in [2.05, 4.69) is 31.5 Å². The molecule has 0 aliphatic carbocycles. The number of pyridine rings is 1. The smallest absolute Gasteiger partial charge is 0.227 e. The SMILES string of the molecule is C#Cc1cc2cnc(Nc3cccc(F)c3)nc2cc1OCc1ccc(NC)nc1. The third-order valence-corrected chi connectivity index (χ3v) is 4.39. The summed E-state index contributed by atoms with van der Waals surface area (Å²) in [5.74, 6) is 3.97. The summed E-state index contributed by atoms with van der Waals surface area (Å²) >= 11 is 0. The van der Waals surface area contributed by atoms with E-state index >= 15 is 0 Å². The fourth-order valence-corrected chi connectivity index (χ4v) is 2.87. The molecule has 4 rings (SSSR count). The molecule has 2 aromatic carbocycles. The highest BCUT2D eigenvalue weighted by Crippen LogP contribution is 2.26. The fourth-order valence-electron chi connectivity index (χ4n) is 2.87. The van der Waals surface area contributed by atoms with Crippen LogP contribution in [0.4, 0.5) is 21.8 Å². The van der Waals surface area contributed by atoms with E-state index < -0.39 is 0 Å². The first-order valence-corrected chi connectivity index (χ1v) is 9.20. The third kappa shape index (κ3) is 4.28. The first-order chi connectivity index (χ1) is 14.6. The van der Waals surface area contributed by atoms with Crippen LogP contribution in [0.25, 0.3) is 10.9 Å². The lowest BCUT2D eigenvalue weighted by molar-refractivity contribution is 0.305. The molecular weight excluding hydrogens is 381 g/mol. The number of halogens is 1. The van der Waals surface area contributed by atoms with Crippen LogP contribution in [0.5, 0.6) is 5.75 Å². The Morgan fingerprint density at radius 2 is 2.00 bits per heavy atom. The number of hydrogen-bond acceptors (Lipinski definition) is 6. The molecule has 0 bridgehead atoms. The summed E-state index contributed by atoms with van der Waals surface area (Å²) in [6.45, 7) is 0.316. The van der Waals surface area contributed by atoms with Gasteiger partial charge in [0.15, 0.2) is 0 Å². The van der Waals surface area contributed by atoms with Crippen LogP contribution in [-0.2, 0) is 6.61 Å². The maximum absolute atomic E-state index is 13.4. The number of nitrogens with one attached hydrogen (secondary N) is 2. The van der Waals surface area contributed by atoms with Gasteiger partial charge in [-0.2, -0.15) is 0 Å². The lowest BCUT2D eigenvalue weighted by Gasteiger charge is -2.11. The molecular formula is C23H18FN5O. The largest absolute Gasteiger partial charge is 0.487 e. The summed E-state index contributed by atoms with van der Waals surface area (Å²) in [7, 11) is 1.81. The van der Waals surface area contributed by atoms with Crippen LogP contribution in [-0.4, -0.2) is 22.0 Å². The summed E-state index contributed by atoms with van der Waals surface area (Å²) in [6.07, 6.45) is 9.06. The first kappa shape index (κ1) is 19.2. The molecule has 0 fully saturated rings. The van der Waals surface area contributed by atoms with Crippen LogP contribution in [0.15, 0.2) is 60.9 Å². The Labute approximate surface area is 173 Å². The van der Waals surface area contributed by atoms with Crippen molar-refractivity contribution in [2.75, 3.05) is 17.7 Å². The second-order valence-corrected chi connectivity index (χ2v) is 6.47. The highest BCUT2D eigenvalue weighted by Gasteiger charge is 2.09. The molecule has 0 unspecified atom stereocenters. The molecule has 6 nitrogen and oxygen atoms in total. The Balaban J connectivity index is 1.59. The van der Waals surface area contributed by atoms with Gasteiger partial charge in [0, 0.05) is 42.1 Å². The van der Waals surface area contributed by atoms with Crippen LogP contribution in [0, 0.1) is 18.2 Å². The Bertz CT molecular complexity index is 1230. The van der Waals surface area contributed by atoms with Gasteiger partial charge in [-0.05, 0) is 30.3 Å². The molecule has 2 N–H and O–H groups in total. The van der Waals surface area contributed by atoms with Gasteiger partial charge in [-0.1, -0.05) is 18.1 Å². The minimum atomic E-state index is -0.340. The number of aromatic nitrogens is 3. The van der Waals surface area contributed by atoms with Gasteiger partial charge < -0.3 is 15.4 Å². The molecule has 2 heterocycles. The van der Waals surface area contributed by atoms with Crippen molar-refractivity contribution in [3.05, 3.63) is 77.9 Å². The van der Waals surface area contributed by atoms with Gasteiger partial charge in [0.05, 0.1) is 11.1 Å². The third-order valence-electron chi connectivity index (χ3n) is 4.39. The molecule has 4 aromatic rings. The van der Waals surface area contributed by atoms with E-state index in [0.717, 1.165) is 16.8 Å². The van der Waals surface area contributed by atoms with Crippen molar-refractivity contribution in [1.82, 2.24) is 15.0 Å². The average Bonchev–Trinajstić information content (AvgIpc) is 2.77. The average molecular weight is 399 g/mol. The molecule has 0 aliphatic heterocycles. The molecule has 0 atom stereocenters. The minimum absolute atomic E-state index is 0.316. The van der Waals surface area contributed by atoms with Crippen molar-refractivity contribution in [2.45, 2.75) is 6.61 Å². The Hall–Kier alpha value is -4.18. The summed E-state index contributed by atoms with van der Waals surface area (Å²) < 4.78 is 19.3. The predicted molar refractivity (Wildman–Crippen MR) is 115 cm³/mol. The van der Waals surface area contributed by atoms with Gasteiger partial charge in [0.25, 0.3) is 0 Å². The maximum Gasteiger partial charge on any atom is 0.227 e. The van der Waals surface area contributed by atoms with Crippen molar-refractivity contribution in [1.29, 1.82) is 0 Å². The molecule has 0 saturated carbocycles.